The molecule has 1 fully saturated rings. The van der Waals surface area contributed by atoms with Gasteiger partial charge >= 0.3 is 0 Å². The summed E-state index contributed by atoms with van der Waals surface area (Å²) in [6.45, 7) is 1.62. The van der Waals surface area contributed by atoms with Gasteiger partial charge in [-0.15, -0.1) is 0 Å². The van der Waals surface area contributed by atoms with Gasteiger partial charge in [0, 0.05) is 43.0 Å². The molecule has 2 heterocycles. The highest BCUT2D eigenvalue weighted by Crippen LogP contribution is 2.25. The van der Waals surface area contributed by atoms with E-state index in [2.05, 4.69) is 15.3 Å². The molecule has 0 aliphatic carbocycles. The van der Waals surface area contributed by atoms with E-state index in [1.54, 1.807) is 6.07 Å². The first-order valence-corrected chi connectivity index (χ1v) is 6.98. The first-order chi connectivity index (χ1) is 9.66. The van der Waals surface area contributed by atoms with E-state index in [4.69, 9.17) is 16.3 Å². The van der Waals surface area contributed by atoms with E-state index in [-0.39, 0.29) is 0 Å². The van der Waals surface area contributed by atoms with Gasteiger partial charge in [0.05, 0.1) is 11.1 Å². The van der Waals surface area contributed by atoms with Crippen molar-refractivity contribution in [3.8, 4) is 0 Å². The van der Waals surface area contributed by atoms with E-state index in [0.717, 1.165) is 10.9 Å². The molecule has 0 amide bonds. The molecule has 1 aliphatic heterocycles. The molecule has 2 N–H and O–H groups in total. The van der Waals surface area contributed by atoms with E-state index in [1.807, 2.05) is 12.1 Å². The van der Waals surface area contributed by atoms with Crippen LogP contribution in [0.2, 0.25) is 5.02 Å². The number of hydrogen-bond acceptors (Lipinski definition) is 5. The number of fused-ring (bicyclic) bond motifs is 1. The fourth-order valence-electron chi connectivity index (χ4n) is 2.35. The molecule has 5 nitrogen and oxygen atoms in total. The van der Waals surface area contributed by atoms with Crippen molar-refractivity contribution in [3.63, 3.8) is 0 Å². The van der Waals surface area contributed by atoms with Gasteiger partial charge in [-0.1, -0.05) is 11.6 Å². The third-order valence-corrected chi connectivity index (χ3v) is 3.84. The lowest BCUT2D eigenvalue weighted by atomic mass is 9.94. The third-order valence-electron chi connectivity index (χ3n) is 3.61. The summed E-state index contributed by atoms with van der Waals surface area (Å²) < 4.78 is 5.27. The van der Waals surface area contributed by atoms with Crippen LogP contribution >= 0.6 is 11.6 Å². The van der Waals surface area contributed by atoms with E-state index in [1.165, 1.54) is 6.33 Å². The Morgan fingerprint density at radius 1 is 1.30 bits per heavy atom. The molecule has 0 saturated carbocycles. The van der Waals surface area contributed by atoms with Gasteiger partial charge in [-0.3, -0.25) is 0 Å². The van der Waals surface area contributed by atoms with Crippen molar-refractivity contribution < 1.29 is 9.84 Å². The van der Waals surface area contributed by atoms with Crippen LogP contribution in [0.15, 0.2) is 24.5 Å². The Bertz CT molecular complexity index is 614. The predicted molar refractivity (Wildman–Crippen MR) is 78.0 cm³/mol. The molecule has 1 saturated heterocycles. The smallest absolute Gasteiger partial charge is 0.137 e. The van der Waals surface area contributed by atoms with Crippen molar-refractivity contribution in [1.29, 1.82) is 0 Å². The van der Waals surface area contributed by atoms with Gasteiger partial charge in [0.15, 0.2) is 0 Å². The number of hydrogen-bond donors (Lipinski definition) is 2. The summed E-state index contributed by atoms with van der Waals surface area (Å²) in [5.41, 5.74) is 0.0829. The number of benzene rings is 1. The van der Waals surface area contributed by atoms with Crippen LogP contribution in [0.25, 0.3) is 10.9 Å². The van der Waals surface area contributed by atoms with E-state index in [0.29, 0.717) is 43.4 Å². The molecule has 0 radical (unpaired) electrons. The summed E-state index contributed by atoms with van der Waals surface area (Å²) in [6, 6.07) is 5.48. The second kappa shape index (κ2) is 5.52. The maximum atomic E-state index is 10.4. The van der Waals surface area contributed by atoms with Crippen LogP contribution in [-0.2, 0) is 4.74 Å². The zero-order valence-corrected chi connectivity index (χ0v) is 11.7. The molecule has 0 unspecified atom stereocenters. The quantitative estimate of drug-likeness (QED) is 0.908. The van der Waals surface area contributed by atoms with Gasteiger partial charge < -0.3 is 15.2 Å². The third kappa shape index (κ3) is 2.85. The maximum Gasteiger partial charge on any atom is 0.137 e. The second-order valence-corrected chi connectivity index (χ2v) is 5.51. The summed E-state index contributed by atoms with van der Waals surface area (Å²) in [5.74, 6) is 0.692. The zero-order valence-electron chi connectivity index (χ0n) is 11.0. The van der Waals surface area contributed by atoms with Crippen LogP contribution in [0.4, 0.5) is 5.82 Å². The summed E-state index contributed by atoms with van der Waals surface area (Å²) in [7, 11) is 0. The van der Waals surface area contributed by atoms with Gasteiger partial charge in [-0.05, 0) is 18.2 Å². The standard InChI is InChI=1S/C14H16ClN3O2/c15-10-1-2-12-11(7-10)13(18-9-17-12)16-8-14(19)3-5-20-6-4-14/h1-2,7,9,19H,3-6,8H2,(H,16,17,18). The minimum absolute atomic E-state index is 0.439. The lowest BCUT2D eigenvalue weighted by molar-refractivity contribution is -0.0543. The fraction of sp³-hybridized carbons (Fsp3) is 0.429. The molecule has 3 rings (SSSR count). The van der Waals surface area contributed by atoms with Crippen LogP contribution in [0.1, 0.15) is 12.8 Å². The molecule has 1 aromatic carbocycles. The highest BCUT2D eigenvalue weighted by atomic mass is 35.5. The zero-order chi connectivity index (χ0) is 14.0. The number of ether oxygens (including phenoxy) is 1. The molecule has 1 aromatic heterocycles. The van der Waals surface area contributed by atoms with E-state index < -0.39 is 5.60 Å². The molecule has 1 aliphatic rings. The van der Waals surface area contributed by atoms with Crippen molar-refractivity contribution >= 4 is 28.3 Å². The van der Waals surface area contributed by atoms with Gasteiger partial charge in [0.25, 0.3) is 0 Å². The number of halogens is 1. The van der Waals surface area contributed by atoms with Crippen molar-refractivity contribution in [2.45, 2.75) is 18.4 Å². The van der Waals surface area contributed by atoms with Crippen LogP contribution in [0.5, 0.6) is 0 Å². The Balaban J connectivity index is 1.82. The Labute approximate surface area is 121 Å². The normalized spacial score (nSPS) is 18.1. The summed E-state index contributed by atoms with van der Waals surface area (Å²) in [4.78, 5) is 8.44. The Hall–Kier alpha value is -1.43. The SMILES string of the molecule is OC1(CNc2ncnc3ccc(Cl)cc23)CCOCC1. The molecule has 6 heteroatoms. The fourth-order valence-corrected chi connectivity index (χ4v) is 2.52. The van der Waals surface area contributed by atoms with Crippen LogP contribution in [0.3, 0.4) is 0 Å². The van der Waals surface area contributed by atoms with E-state index >= 15 is 0 Å². The number of aliphatic hydroxyl groups is 1. The van der Waals surface area contributed by atoms with Crippen LogP contribution < -0.4 is 5.32 Å². The molecule has 20 heavy (non-hydrogen) atoms. The Morgan fingerprint density at radius 3 is 2.90 bits per heavy atom. The summed E-state index contributed by atoms with van der Waals surface area (Å²) in [6.07, 6.45) is 2.76. The second-order valence-electron chi connectivity index (χ2n) is 5.07. The topological polar surface area (TPSA) is 67.3 Å². The van der Waals surface area contributed by atoms with Crippen molar-refractivity contribution in [2.24, 2.45) is 0 Å². The minimum atomic E-state index is -0.742. The molecule has 0 bridgehead atoms. The molecule has 106 valence electrons. The lowest BCUT2D eigenvalue weighted by Gasteiger charge is -2.32. The molecule has 2 aromatic rings. The average molecular weight is 294 g/mol. The number of aromatic nitrogens is 2. The summed E-state index contributed by atoms with van der Waals surface area (Å²) in [5, 5.41) is 15.2. The average Bonchev–Trinajstić information content (AvgIpc) is 2.46. The van der Waals surface area contributed by atoms with Gasteiger partial charge in [0.1, 0.15) is 12.1 Å². The highest BCUT2D eigenvalue weighted by Gasteiger charge is 2.29. The molecular formula is C14H16ClN3O2. The molecule has 0 spiro atoms. The first-order valence-electron chi connectivity index (χ1n) is 6.61. The van der Waals surface area contributed by atoms with Crippen molar-refractivity contribution in [2.75, 3.05) is 25.1 Å². The maximum absolute atomic E-state index is 10.4. The highest BCUT2D eigenvalue weighted by molar-refractivity contribution is 6.31. The summed E-state index contributed by atoms with van der Waals surface area (Å²) >= 11 is 6.02. The number of nitrogens with one attached hydrogen (secondary N) is 1. The predicted octanol–water partition coefficient (Wildman–Crippen LogP) is 2.24. The van der Waals surface area contributed by atoms with Crippen LogP contribution in [0, 0.1) is 0 Å². The Kier molecular flexibility index (Phi) is 3.74. The molecule has 0 atom stereocenters. The van der Waals surface area contributed by atoms with Gasteiger partial charge in [0.2, 0.25) is 0 Å². The monoisotopic (exact) mass is 293 g/mol. The molecular weight excluding hydrogens is 278 g/mol. The van der Waals surface area contributed by atoms with Crippen LogP contribution in [-0.4, -0.2) is 40.4 Å². The van der Waals surface area contributed by atoms with Crippen molar-refractivity contribution in [3.05, 3.63) is 29.5 Å². The lowest BCUT2D eigenvalue weighted by Crippen LogP contribution is -2.42. The van der Waals surface area contributed by atoms with Gasteiger partial charge in [-0.25, -0.2) is 9.97 Å². The van der Waals surface area contributed by atoms with Crippen molar-refractivity contribution in [1.82, 2.24) is 9.97 Å². The minimum Gasteiger partial charge on any atom is -0.388 e. The van der Waals surface area contributed by atoms with Gasteiger partial charge in [-0.2, -0.15) is 0 Å². The Morgan fingerprint density at radius 2 is 2.10 bits per heavy atom. The van der Waals surface area contributed by atoms with E-state index in [9.17, 15) is 5.11 Å². The number of nitrogens with zero attached hydrogens (tertiary/aromatic N) is 2. The number of rotatable bonds is 3. The number of anilines is 1. The largest absolute Gasteiger partial charge is 0.388 e. The first kappa shape index (κ1) is 13.5.